The summed E-state index contributed by atoms with van der Waals surface area (Å²) < 4.78 is 49.1. The first-order valence-electron chi connectivity index (χ1n) is 7.08. The number of rotatable bonds is 15. The van der Waals surface area contributed by atoms with Crippen LogP contribution in [0.4, 0.5) is 0 Å². The van der Waals surface area contributed by atoms with Gasteiger partial charge < -0.3 is 17.5 Å². The minimum Gasteiger partial charge on any atom is -0.750 e. The zero-order chi connectivity index (χ0) is 15.1. The molecule has 0 fully saturated rings. The highest BCUT2D eigenvalue weighted by Crippen LogP contribution is 2.10. The summed E-state index contributed by atoms with van der Waals surface area (Å²) in [7, 11) is 0. The molecule has 0 amide bonds. The van der Waals surface area contributed by atoms with Crippen LogP contribution in [0.2, 0.25) is 0 Å². The van der Waals surface area contributed by atoms with E-state index < -0.39 is 22.7 Å². The first-order chi connectivity index (χ1) is 9.63. The summed E-state index contributed by atoms with van der Waals surface area (Å²) in [5, 5.41) is 0. The van der Waals surface area contributed by atoms with E-state index in [4.69, 9.17) is 0 Å². The van der Waals surface area contributed by atoms with Gasteiger partial charge in [0.05, 0.1) is 35.9 Å². The Bertz CT molecular complexity index is 236. The van der Waals surface area contributed by atoms with Gasteiger partial charge in [0, 0.05) is 0 Å². The van der Waals surface area contributed by atoms with Crippen LogP contribution in [0.5, 0.6) is 0 Å². The first kappa shape index (κ1) is 20.1. The molecule has 0 radical (unpaired) electrons. The highest BCUT2D eigenvalue weighted by Gasteiger charge is 1.94. The summed E-state index contributed by atoms with van der Waals surface area (Å²) >= 11 is -4.75. The van der Waals surface area contributed by atoms with Crippen LogP contribution in [0.15, 0.2) is 0 Å². The summed E-state index contributed by atoms with van der Waals surface area (Å²) in [6.45, 7) is 0.568. The quantitative estimate of drug-likeness (QED) is 0.338. The minimum absolute atomic E-state index is 0.284. The van der Waals surface area contributed by atoms with Crippen molar-refractivity contribution in [2.45, 2.75) is 64.2 Å². The predicted molar refractivity (Wildman–Crippen MR) is 75.9 cm³/mol. The SMILES string of the molecule is O=S([O-])OCCCCCCCCCCCCOS(=O)[O-]. The second-order valence-electron chi connectivity index (χ2n) is 4.59. The van der Waals surface area contributed by atoms with Crippen molar-refractivity contribution >= 4 is 22.7 Å². The Kier molecular flexibility index (Phi) is 15.6. The van der Waals surface area contributed by atoms with Gasteiger partial charge in [-0.05, 0) is 12.8 Å². The van der Waals surface area contributed by atoms with Gasteiger partial charge >= 0.3 is 0 Å². The fourth-order valence-electron chi connectivity index (χ4n) is 1.87. The smallest absolute Gasteiger partial charge is 0.0842 e. The van der Waals surface area contributed by atoms with E-state index >= 15 is 0 Å². The molecule has 20 heavy (non-hydrogen) atoms. The maximum Gasteiger partial charge on any atom is 0.0842 e. The highest BCUT2D eigenvalue weighted by atomic mass is 32.2. The van der Waals surface area contributed by atoms with E-state index in [0.29, 0.717) is 0 Å². The normalized spacial score (nSPS) is 14.3. The summed E-state index contributed by atoms with van der Waals surface area (Å²) in [4.78, 5) is 0. The molecule has 0 aliphatic rings. The van der Waals surface area contributed by atoms with E-state index in [0.717, 1.165) is 38.5 Å². The van der Waals surface area contributed by atoms with Gasteiger partial charge in [0.2, 0.25) is 0 Å². The van der Waals surface area contributed by atoms with E-state index in [2.05, 4.69) is 8.37 Å². The Morgan fingerprint density at radius 2 is 0.800 bits per heavy atom. The Hall–Kier alpha value is 0.140. The highest BCUT2D eigenvalue weighted by molar-refractivity contribution is 7.74. The zero-order valence-electron chi connectivity index (χ0n) is 11.8. The van der Waals surface area contributed by atoms with Gasteiger partial charge in [-0.3, -0.25) is 0 Å². The molecule has 2 unspecified atom stereocenters. The Morgan fingerprint density at radius 3 is 1.05 bits per heavy atom. The van der Waals surface area contributed by atoms with E-state index in [1.165, 1.54) is 25.7 Å². The van der Waals surface area contributed by atoms with Gasteiger partial charge in [-0.2, -0.15) is 0 Å². The third kappa shape index (κ3) is 18.1. The van der Waals surface area contributed by atoms with Gasteiger partial charge in [0.15, 0.2) is 0 Å². The summed E-state index contributed by atoms with van der Waals surface area (Å²) in [6, 6.07) is 0. The molecular weight excluding hydrogens is 304 g/mol. The number of hydrogen-bond donors (Lipinski definition) is 0. The molecule has 0 heterocycles. The second kappa shape index (κ2) is 15.5. The van der Waals surface area contributed by atoms with Crippen LogP contribution in [0.25, 0.3) is 0 Å². The van der Waals surface area contributed by atoms with Crippen molar-refractivity contribution in [3.05, 3.63) is 0 Å². The van der Waals surface area contributed by atoms with E-state index in [9.17, 15) is 17.5 Å². The maximum atomic E-state index is 10.1. The fraction of sp³-hybridized carbons (Fsp3) is 1.00. The van der Waals surface area contributed by atoms with Crippen molar-refractivity contribution < 1.29 is 25.9 Å². The van der Waals surface area contributed by atoms with Crippen molar-refractivity contribution in [1.29, 1.82) is 0 Å². The molecule has 0 aliphatic heterocycles. The van der Waals surface area contributed by atoms with Gasteiger partial charge in [-0.1, -0.05) is 51.4 Å². The van der Waals surface area contributed by atoms with Crippen LogP contribution >= 0.6 is 0 Å². The van der Waals surface area contributed by atoms with Crippen LogP contribution in [-0.4, -0.2) is 30.7 Å². The molecule has 2 atom stereocenters. The molecule has 0 aromatic carbocycles. The Labute approximate surface area is 126 Å². The molecule has 122 valence electrons. The Morgan fingerprint density at radius 1 is 0.550 bits per heavy atom. The molecule has 0 bridgehead atoms. The molecule has 0 saturated heterocycles. The molecule has 0 rings (SSSR count). The van der Waals surface area contributed by atoms with Gasteiger partial charge in [0.1, 0.15) is 0 Å². The molecule has 0 saturated carbocycles. The summed E-state index contributed by atoms with van der Waals surface area (Å²) in [6.07, 6.45) is 10.5. The average molecular weight is 328 g/mol. The van der Waals surface area contributed by atoms with Gasteiger partial charge in [0.25, 0.3) is 0 Å². The third-order valence-corrected chi connectivity index (χ3v) is 3.62. The molecular formula is C12H24O6S2-2. The van der Waals surface area contributed by atoms with Crippen LogP contribution < -0.4 is 0 Å². The van der Waals surface area contributed by atoms with E-state index in [1.807, 2.05) is 0 Å². The molecule has 6 nitrogen and oxygen atoms in total. The maximum absolute atomic E-state index is 10.1. The van der Waals surface area contributed by atoms with Crippen molar-refractivity contribution in [1.82, 2.24) is 0 Å². The van der Waals surface area contributed by atoms with Crippen LogP contribution in [0, 0.1) is 0 Å². The van der Waals surface area contributed by atoms with Crippen molar-refractivity contribution in [3.8, 4) is 0 Å². The zero-order valence-corrected chi connectivity index (χ0v) is 13.4. The van der Waals surface area contributed by atoms with Crippen LogP contribution in [-0.2, 0) is 31.1 Å². The van der Waals surface area contributed by atoms with Crippen LogP contribution in [0.1, 0.15) is 64.2 Å². The number of unbranched alkanes of at least 4 members (excludes halogenated alkanes) is 9. The topological polar surface area (TPSA) is 98.7 Å². The monoisotopic (exact) mass is 328 g/mol. The molecule has 0 N–H and O–H groups in total. The van der Waals surface area contributed by atoms with E-state index in [-0.39, 0.29) is 13.2 Å². The Balaban J connectivity index is 2.99. The standard InChI is InChI=1S/C12H26O6S2/c13-19(14)17-11-9-7-5-3-1-2-4-6-8-10-12-18-20(15)16/h1-12H2,(H,13,14)(H,15,16)/p-2. The van der Waals surface area contributed by atoms with Crippen LogP contribution in [0.3, 0.4) is 0 Å². The minimum atomic E-state index is -2.38. The largest absolute Gasteiger partial charge is 0.750 e. The molecule has 0 aliphatic carbocycles. The lowest BCUT2D eigenvalue weighted by Gasteiger charge is -2.06. The number of hydrogen-bond acceptors (Lipinski definition) is 6. The van der Waals surface area contributed by atoms with Crippen molar-refractivity contribution in [2.24, 2.45) is 0 Å². The van der Waals surface area contributed by atoms with E-state index in [1.54, 1.807) is 0 Å². The lowest BCUT2D eigenvalue weighted by Crippen LogP contribution is -1.97. The van der Waals surface area contributed by atoms with Gasteiger partial charge in [-0.15, -0.1) is 0 Å². The molecule has 0 aromatic heterocycles. The fourth-order valence-corrected chi connectivity index (χ4v) is 2.38. The average Bonchev–Trinajstić information content (AvgIpc) is 2.38. The third-order valence-electron chi connectivity index (χ3n) is 2.90. The predicted octanol–water partition coefficient (Wildman–Crippen LogP) is 2.51. The van der Waals surface area contributed by atoms with Gasteiger partial charge in [-0.25, -0.2) is 8.42 Å². The lowest BCUT2D eigenvalue weighted by atomic mass is 10.1. The molecule has 0 spiro atoms. The molecule has 8 heteroatoms. The summed E-state index contributed by atoms with van der Waals surface area (Å²) in [5.74, 6) is 0. The first-order valence-corrected chi connectivity index (χ1v) is 9.08. The van der Waals surface area contributed by atoms with Crippen molar-refractivity contribution in [3.63, 3.8) is 0 Å². The second-order valence-corrected chi connectivity index (χ2v) is 5.88. The lowest BCUT2D eigenvalue weighted by molar-refractivity contribution is 0.289. The molecule has 0 aromatic rings. The van der Waals surface area contributed by atoms with Crippen molar-refractivity contribution in [2.75, 3.05) is 13.2 Å². The summed E-state index contributed by atoms with van der Waals surface area (Å²) in [5.41, 5.74) is 0.